The van der Waals surface area contributed by atoms with E-state index in [1.54, 1.807) is 0 Å². The molecule has 0 amide bonds. The molecule has 0 aliphatic heterocycles. The van der Waals surface area contributed by atoms with Crippen LogP contribution in [0.1, 0.15) is 58.2 Å². The van der Waals surface area contributed by atoms with Gasteiger partial charge in [-0.25, -0.2) is 0 Å². The molecule has 0 radical (unpaired) electrons. The second-order valence-electron chi connectivity index (χ2n) is 6.03. The fourth-order valence-corrected chi connectivity index (χ4v) is 3.08. The molecule has 0 spiro atoms. The Hall–Kier alpha value is -0.470. The van der Waals surface area contributed by atoms with Crippen LogP contribution in [0.3, 0.4) is 0 Å². The van der Waals surface area contributed by atoms with Gasteiger partial charge in [-0.3, -0.25) is 0 Å². The van der Waals surface area contributed by atoms with Gasteiger partial charge in [0.1, 0.15) is 0 Å². The van der Waals surface area contributed by atoms with Crippen LogP contribution < -0.4 is 5.32 Å². The van der Waals surface area contributed by atoms with E-state index in [-0.39, 0.29) is 0 Å². The number of rotatable bonds is 7. The lowest BCUT2D eigenvalue weighted by Gasteiger charge is -2.24. The van der Waals surface area contributed by atoms with Crippen molar-refractivity contribution in [1.82, 2.24) is 5.32 Å². The quantitative estimate of drug-likeness (QED) is 0.768. The van der Waals surface area contributed by atoms with Gasteiger partial charge in [0.05, 0.1) is 0 Å². The van der Waals surface area contributed by atoms with Crippen LogP contribution in [0, 0.1) is 0 Å². The van der Waals surface area contributed by atoms with Crippen molar-refractivity contribution >= 4 is 11.8 Å². The van der Waals surface area contributed by atoms with Crippen LogP contribution in [-0.2, 0) is 6.42 Å². The molecule has 2 heteroatoms. The van der Waals surface area contributed by atoms with Crippen LogP contribution in [0.2, 0.25) is 0 Å². The molecule has 1 atom stereocenters. The van der Waals surface area contributed by atoms with Gasteiger partial charge in [0.15, 0.2) is 0 Å². The molecular formula is C17H29NS. The van der Waals surface area contributed by atoms with Crippen molar-refractivity contribution in [2.75, 3.05) is 12.3 Å². The summed E-state index contributed by atoms with van der Waals surface area (Å²) in [5.74, 6) is 1.13. The standard InChI is InChI=1S/C17H29NS/c1-6-9-14-10-8-11-15(12-14)16(18-7-2)13-19-17(3,4)5/h8,10-12,16,18H,6-7,9,13H2,1-5H3. The Morgan fingerprint density at radius 1 is 1.21 bits per heavy atom. The summed E-state index contributed by atoms with van der Waals surface area (Å²) in [5, 5.41) is 3.62. The lowest BCUT2D eigenvalue weighted by molar-refractivity contribution is 0.602. The third kappa shape index (κ3) is 6.49. The molecule has 1 unspecified atom stereocenters. The summed E-state index contributed by atoms with van der Waals surface area (Å²) in [6.07, 6.45) is 2.39. The van der Waals surface area contributed by atoms with E-state index in [1.807, 2.05) is 11.8 Å². The van der Waals surface area contributed by atoms with E-state index >= 15 is 0 Å². The first-order chi connectivity index (χ1) is 8.96. The van der Waals surface area contributed by atoms with Crippen LogP contribution in [0.5, 0.6) is 0 Å². The fourth-order valence-electron chi connectivity index (χ4n) is 2.11. The molecule has 0 heterocycles. The van der Waals surface area contributed by atoms with Crippen LogP contribution in [0.25, 0.3) is 0 Å². The van der Waals surface area contributed by atoms with Gasteiger partial charge < -0.3 is 5.32 Å². The van der Waals surface area contributed by atoms with E-state index < -0.39 is 0 Å². The number of thioether (sulfide) groups is 1. The van der Waals surface area contributed by atoms with Crippen LogP contribution in [0.4, 0.5) is 0 Å². The summed E-state index contributed by atoms with van der Waals surface area (Å²) in [4.78, 5) is 0. The third-order valence-electron chi connectivity index (χ3n) is 3.03. The van der Waals surface area contributed by atoms with Gasteiger partial charge in [-0.2, -0.15) is 11.8 Å². The minimum absolute atomic E-state index is 0.328. The lowest BCUT2D eigenvalue weighted by Crippen LogP contribution is -2.25. The Balaban J connectivity index is 2.76. The van der Waals surface area contributed by atoms with Crippen molar-refractivity contribution in [3.63, 3.8) is 0 Å². The van der Waals surface area contributed by atoms with Gasteiger partial charge >= 0.3 is 0 Å². The largest absolute Gasteiger partial charge is 0.310 e. The van der Waals surface area contributed by atoms with Gasteiger partial charge in [-0.05, 0) is 24.1 Å². The first-order valence-electron chi connectivity index (χ1n) is 7.42. The highest BCUT2D eigenvalue weighted by Crippen LogP contribution is 2.28. The molecule has 0 aliphatic carbocycles. The number of nitrogens with one attached hydrogen (secondary N) is 1. The summed E-state index contributed by atoms with van der Waals surface area (Å²) in [7, 11) is 0. The highest BCUT2D eigenvalue weighted by molar-refractivity contribution is 8.00. The predicted molar refractivity (Wildman–Crippen MR) is 89.1 cm³/mol. The number of aryl methyl sites for hydroxylation is 1. The molecule has 1 aromatic rings. The van der Waals surface area contributed by atoms with Crippen molar-refractivity contribution in [2.45, 2.75) is 58.2 Å². The summed E-state index contributed by atoms with van der Waals surface area (Å²) in [6, 6.07) is 9.54. The van der Waals surface area contributed by atoms with Gasteiger partial charge in [0, 0.05) is 16.5 Å². The monoisotopic (exact) mass is 279 g/mol. The zero-order valence-electron chi connectivity index (χ0n) is 13.1. The lowest BCUT2D eigenvalue weighted by atomic mass is 10.0. The highest BCUT2D eigenvalue weighted by Gasteiger charge is 2.16. The molecule has 19 heavy (non-hydrogen) atoms. The van der Waals surface area contributed by atoms with E-state index in [4.69, 9.17) is 0 Å². The number of hydrogen-bond donors (Lipinski definition) is 1. The Morgan fingerprint density at radius 3 is 2.53 bits per heavy atom. The Kier molecular flexibility index (Phi) is 6.95. The Morgan fingerprint density at radius 2 is 1.95 bits per heavy atom. The normalized spacial score (nSPS) is 13.5. The van der Waals surface area contributed by atoms with Gasteiger partial charge in [-0.15, -0.1) is 0 Å². The average Bonchev–Trinajstić information content (AvgIpc) is 2.34. The summed E-state index contributed by atoms with van der Waals surface area (Å²) < 4.78 is 0.328. The van der Waals surface area contributed by atoms with Gasteiger partial charge in [-0.1, -0.05) is 65.3 Å². The molecule has 1 nitrogen and oxygen atoms in total. The summed E-state index contributed by atoms with van der Waals surface area (Å²) >= 11 is 2.03. The second-order valence-corrected chi connectivity index (χ2v) is 7.88. The molecule has 1 aromatic carbocycles. The maximum Gasteiger partial charge on any atom is 0.0412 e. The van der Waals surface area contributed by atoms with Crippen molar-refractivity contribution in [1.29, 1.82) is 0 Å². The van der Waals surface area contributed by atoms with Gasteiger partial charge in [0.2, 0.25) is 0 Å². The van der Waals surface area contributed by atoms with E-state index in [1.165, 1.54) is 24.0 Å². The molecule has 108 valence electrons. The molecule has 0 bridgehead atoms. The van der Waals surface area contributed by atoms with E-state index in [0.29, 0.717) is 10.8 Å². The SMILES string of the molecule is CCCc1cccc(C(CSC(C)(C)C)NCC)c1. The molecule has 0 aliphatic rings. The smallest absolute Gasteiger partial charge is 0.0412 e. The molecular weight excluding hydrogens is 250 g/mol. The van der Waals surface area contributed by atoms with Crippen LogP contribution >= 0.6 is 11.8 Å². The second kappa shape index (κ2) is 7.96. The van der Waals surface area contributed by atoms with Crippen molar-refractivity contribution in [2.24, 2.45) is 0 Å². The van der Waals surface area contributed by atoms with Gasteiger partial charge in [0.25, 0.3) is 0 Å². The number of hydrogen-bond acceptors (Lipinski definition) is 2. The van der Waals surface area contributed by atoms with Crippen molar-refractivity contribution < 1.29 is 0 Å². The minimum atomic E-state index is 0.328. The fraction of sp³-hybridized carbons (Fsp3) is 0.647. The Bertz CT molecular complexity index is 368. The molecule has 0 aromatic heterocycles. The molecule has 1 rings (SSSR count). The molecule has 1 N–H and O–H groups in total. The highest BCUT2D eigenvalue weighted by atomic mass is 32.2. The Labute approximate surface area is 123 Å². The van der Waals surface area contributed by atoms with E-state index in [0.717, 1.165) is 12.3 Å². The summed E-state index contributed by atoms with van der Waals surface area (Å²) in [6.45, 7) is 12.3. The average molecular weight is 279 g/mol. The summed E-state index contributed by atoms with van der Waals surface area (Å²) in [5.41, 5.74) is 2.90. The topological polar surface area (TPSA) is 12.0 Å². The third-order valence-corrected chi connectivity index (χ3v) is 4.39. The van der Waals surface area contributed by atoms with E-state index in [9.17, 15) is 0 Å². The van der Waals surface area contributed by atoms with Crippen molar-refractivity contribution in [3.05, 3.63) is 35.4 Å². The first kappa shape index (κ1) is 16.6. The van der Waals surface area contributed by atoms with Crippen LogP contribution in [0.15, 0.2) is 24.3 Å². The predicted octanol–water partition coefficient (Wildman–Crippen LogP) is 4.82. The zero-order chi connectivity index (χ0) is 14.3. The first-order valence-corrected chi connectivity index (χ1v) is 8.41. The minimum Gasteiger partial charge on any atom is -0.310 e. The molecule has 0 fully saturated rings. The number of benzene rings is 1. The van der Waals surface area contributed by atoms with Crippen molar-refractivity contribution in [3.8, 4) is 0 Å². The zero-order valence-corrected chi connectivity index (χ0v) is 13.9. The maximum absolute atomic E-state index is 3.62. The molecule has 0 saturated heterocycles. The van der Waals surface area contributed by atoms with Crippen LogP contribution in [-0.4, -0.2) is 17.0 Å². The maximum atomic E-state index is 3.62. The van der Waals surface area contributed by atoms with E-state index in [2.05, 4.69) is 64.2 Å². The molecule has 0 saturated carbocycles.